The van der Waals surface area contributed by atoms with Gasteiger partial charge in [0.1, 0.15) is 5.75 Å². The maximum atomic E-state index is 12.4. The average Bonchev–Trinajstić information content (AvgIpc) is 2.38. The van der Waals surface area contributed by atoms with Gasteiger partial charge in [-0.1, -0.05) is 15.9 Å². The van der Waals surface area contributed by atoms with Crippen molar-refractivity contribution in [2.45, 2.75) is 12.5 Å². The molecular weight excluding hydrogens is 330 g/mol. The molecule has 1 aliphatic rings. The van der Waals surface area contributed by atoms with Crippen molar-refractivity contribution >= 4 is 27.8 Å². The van der Waals surface area contributed by atoms with Crippen LogP contribution in [0.3, 0.4) is 0 Å². The number of phenolic OH excluding ortho intramolecular Hbond substituents is 1. The molecule has 1 atom stereocenters. The number of ether oxygens (including phenoxy) is 1. The van der Waals surface area contributed by atoms with E-state index in [0.717, 1.165) is 0 Å². The smallest absolute Gasteiger partial charge is 0.305 e. The summed E-state index contributed by atoms with van der Waals surface area (Å²) < 4.78 is 5.88. The molecule has 1 unspecified atom stereocenters. The lowest BCUT2D eigenvalue weighted by Gasteiger charge is -2.35. The van der Waals surface area contributed by atoms with Crippen molar-refractivity contribution in [1.29, 1.82) is 0 Å². The van der Waals surface area contributed by atoms with E-state index >= 15 is 0 Å². The summed E-state index contributed by atoms with van der Waals surface area (Å²) in [6.07, 6.45) is -0.178. The van der Waals surface area contributed by atoms with Crippen LogP contribution in [0.4, 0.5) is 0 Å². The quantitative estimate of drug-likeness (QED) is 0.867. The number of aromatic hydroxyl groups is 1. The number of phenols is 1. The van der Waals surface area contributed by atoms with Crippen molar-refractivity contribution in [3.8, 4) is 5.75 Å². The van der Waals surface area contributed by atoms with Gasteiger partial charge in [0.2, 0.25) is 0 Å². The first-order valence-corrected chi connectivity index (χ1v) is 6.87. The van der Waals surface area contributed by atoms with Gasteiger partial charge in [-0.15, -0.1) is 0 Å². The van der Waals surface area contributed by atoms with Crippen molar-refractivity contribution < 1.29 is 24.5 Å². The molecule has 0 radical (unpaired) electrons. The first-order valence-electron chi connectivity index (χ1n) is 6.08. The van der Waals surface area contributed by atoms with E-state index in [-0.39, 0.29) is 30.2 Å². The summed E-state index contributed by atoms with van der Waals surface area (Å²) in [7, 11) is 0. The summed E-state index contributed by atoms with van der Waals surface area (Å²) in [6.45, 7) is 0.862. The van der Waals surface area contributed by atoms with Crippen LogP contribution in [0.1, 0.15) is 16.8 Å². The molecule has 20 heavy (non-hydrogen) atoms. The fraction of sp³-hybridized carbons (Fsp3) is 0.385. The number of morpholine rings is 1. The van der Waals surface area contributed by atoms with Gasteiger partial charge in [-0.05, 0) is 18.2 Å². The molecular formula is C13H14BrNO5. The van der Waals surface area contributed by atoms with E-state index in [4.69, 9.17) is 9.84 Å². The number of aliphatic carboxylic acids is 1. The molecule has 1 saturated heterocycles. The number of carboxylic acid groups (broad SMARTS) is 1. The molecule has 0 spiro atoms. The van der Waals surface area contributed by atoms with E-state index in [1.807, 2.05) is 0 Å². The molecule has 0 saturated carbocycles. The Balaban J connectivity index is 2.22. The Hall–Kier alpha value is -1.60. The van der Waals surface area contributed by atoms with Crippen LogP contribution < -0.4 is 0 Å². The molecule has 1 fully saturated rings. The molecule has 0 aromatic heterocycles. The second-order valence-corrected chi connectivity index (χ2v) is 5.40. The van der Waals surface area contributed by atoms with Gasteiger partial charge in [0.05, 0.1) is 31.2 Å². The van der Waals surface area contributed by atoms with Crippen LogP contribution in [0.2, 0.25) is 0 Å². The van der Waals surface area contributed by atoms with Crippen molar-refractivity contribution in [2.24, 2.45) is 0 Å². The van der Waals surface area contributed by atoms with E-state index in [1.165, 1.54) is 17.0 Å². The SMILES string of the molecule is O=C(O)CC1COCCN1C(=O)c1ccc(Br)cc1O. The average molecular weight is 344 g/mol. The Bertz CT molecular complexity index is 533. The number of amides is 1. The van der Waals surface area contributed by atoms with E-state index in [9.17, 15) is 14.7 Å². The number of hydrogen-bond acceptors (Lipinski definition) is 4. The molecule has 2 rings (SSSR count). The Morgan fingerprint density at radius 2 is 2.20 bits per heavy atom. The minimum absolute atomic E-state index is 0.134. The number of rotatable bonds is 3. The molecule has 1 amide bonds. The third-order valence-electron chi connectivity index (χ3n) is 3.09. The van der Waals surface area contributed by atoms with E-state index in [2.05, 4.69) is 15.9 Å². The van der Waals surface area contributed by atoms with E-state index in [1.54, 1.807) is 6.07 Å². The highest BCUT2D eigenvalue weighted by Gasteiger charge is 2.30. The fourth-order valence-corrected chi connectivity index (χ4v) is 2.48. The van der Waals surface area contributed by atoms with Gasteiger partial charge in [0, 0.05) is 11.0 Å². The third-order valence-corrected chi connectivity index (χ3v) is 3.58. The molecule has 108 valence electrons. The summed E-state index contributed by atoms with van der Waals surface area (Å²) >= 11 is 3.20. The third kappa shape index (κ3) is 3.29. The number of hydrogen-bond donors (Lipinski definition) is 2. The van der Waals surface area contributed by atoms with Gasteiger partial charge in [-0.2, -0.15) is 0 Å². The number of carbonyl (C=O) groups is 2. The van der Waals surface area contributed by atoms with Crippen molar-refractivity contribution in [3.05, 3.63) is 28.2 Å². The molecule has 1 aromatic rings. The molecule has 0 bridgehead atoms. The highest BCUT2D eigenvalue weighted by molar-refractivity contribution is 9.10. The van der Waals surface area contributed by atoms with Crippen LogP contribution in [-0.2, 0) is 9.53 Å². The molecule has 2 N–H and O–H groups in total. The molecule has 0 aliphatic carbocycles. The zero-order chi connectivity index (χ0) is 14.7. The second kappa shape index (κ2) is 6.23. The number of carboxylic acids is 1. The van der Waals surface area contributed by atoms with Crippen LogP contribution in [0.5, 0.6) is 5.75 Å². The Morgan fingerprint density at radius 1 is 1.45 bits per heavy atom. The summed E-state index contributed by atoms with van der Waals surface area (Å²) in [5.74, 6) is -1.51. The number of nitrogens with zero attached hydrogens (tertiary/aromatic N) is 1. The monoisotopic (exact) mass is 343 g/mol. The van der Waals surface area contributed by atoms with Crippen molar-refractivity contribution in [3.63, 3.8) is 0 Å². The molecule has 7 heteroatoms. The number of carbonyl (C=O) groups excluding carboxylic acids is 1. The maximum Gasteiger partial charge on any atom is 0.305 e. The molecule has 1 aliphatic heterocycles. The van der Waals surface area contributed by atoms with E-state index < -0.39 is 12.0 Å². The normalized spacial score (nSPS) is 18.9. The first kappa shape index (κ1) is 14.8. The minimum atomic E-state index is -0.988. The minimum Gasteiger partial charge on any atom is -0.507 e. The predicted octanol–water partition coefficient (Wildman–Crippen LogP) is 1.47. The van der Waals surface area contributed by atoms with Crippen molar-refractivity contribution in [1.82, 2.24) is 4.90 Å². The highest BCUT2D eigenvalue weighted by Crippen LogP contribution is 2.25. The largest absolute Gasteiger partial charge is 0.507 e. The summed E-state index contributed by atoms with van der Waals surface area (Å²) in [5, 5.41) is 18.7. The van der Waals surface area contributed by atoms with Gasteiger partial charge < -0.3 is 19.8 Å². The van der Waals surface area contributed by atoms with Crippen LogP contribution in [-0.4, -0.2) is 52.8 Å². The van der Waals surface area contributed by atoms with Gasteiger partial charge in [-0.25, -0.2) is 0 Å². The topological polar surface area (TPSA) is 87.1 Å². The lowest BCUT2D eigenvalue weighted by molar-refractivity contribution is -0.139. The zero-order valence-corrected chi connectivity index (χ0v) is 12.2. The fourth-order valence-electron chi connectivity index (χ4n) is 2.13. The lowest BCUT2D eigenvalue weighted by Crippen LogP contribution is -2.49. The van der Waals surface area contributed by atoms with Crippen molar-refractivity contribution in [2.75, 3.05) is 19.8 Å². The standard InChI is InChI=1S/C13H14BrNO5/c14-8-1-2-10(11(16)5-8)13(19)15-3-4-20-7-9(15)6-12(17)18/h1-2,5,9,16H,3-4,6-7H2,(H,17,18). The lowest BCUT2D eigenvalue weighted by atomic mass is 10.1. The summed E-state index contributed by atoms with van der Waals surface area (Å²) in [6, 6.07) is 4.07. The van der Waals surface area contributed by atoms with Gasteiger partial charge in [-0.3, -0.25) is 9.59 Å². The molecule has 1 heterocycles. The Morgan fingerprint density at radius 3 is 2.85 bits per heavy atom. The first-order chi connectivity index (χ1) is 9.49. The Kier molecular flexibility index (Phi) is 4.61. The second-order valence-electron chi connectivity index (χ2n) is 4.49. The van der Waals surface area contributed by atoms with Crippen LogP contribution >= 0.6 is 15.9 Å². The van der Waals surface area contributed by atoms with Gasteiger partial charge >= 0.3 is 5.97 Å². The van der Waals surface area contributed by atoms with Gasteiger partial charge in [0.15, 0.2) is 0 Å². The Labute approximate surface area is 124 Å². The molecule has 6 nitrogen and oxygen atoms in total. The summed E-state index contributed by atoms with van der Waals surface area (Å²) in [4.78, 5) is 24.7. The van der Waals surface area contributed by atoms with Gasteiger partial charge in [0.25, 0.3) is 5.91 Å². The molecule has 1 aromatic carbocycles. The van der Waals surface area contributed by atoms with E-state index in [0.29, 0.717) is 17.6 Å². The van der Waals surface area contributed by atoms with Crippen LogP contribution in [0, 0.1) is 0 Å². The number of halogens is 1. The summed E-state index contributed by atoms with van der Waals surface area (Å²) in [5.41, 5.74) is 0.158. The maximum absolute atomic E-state index is 12.4. The highest BCUT2D eigenvalue weighted by atomic mass is 79.9. The zero-order valence-electron chi connectivity index (χ0n) is 10.6. The van der Waals surface area contributed by atoms with Crippen LogP contribution in [0.25, 0.3) is 0 Å². The number of benzene rings is 1. The van der Waals surface area contributed by atoms with Crippen LogP contribution in [0.15, 0.2) is 22.7 Å². The predicted molar refractivity (Wildman–Crippen MR) is 73.7 cm³/mol.